The number of hydrogen-bond donors (Lipinski definition) is 3. The molecule has 0 aromatic carbocycles. The van der Waals surface area contributed by atoms with Crippen molar-refractivity contribution in [3.8, 4) is 0 Å². The number of aliphatic hydroxyl groups excluding tert-OH is 1. The highest BCUT2D eigenvalue weighted by Gasteiger charge is 2.19. The van der Waals surface area contributed by atoms with Crippen LogP contribution in [0.3, 0.4) is 0 Å². The number of rotatable bonds is 8. The van der Waals surface area contributed by atoms with Gasteiger partial charge in [0.25, 0.3) is 0 Å². The van der Waals surface area contributed by atoms with E-state index in [1.165, 1.54) is 17.8 Å². The summed E-state index contributed by atoms with van der Waals surface area (Å²) in [4.78, 5) is 10.8. The van der Waals surface area contributed by atoms with E-state index in [4.69, 9.17) is 10.2 Å². The molecular formula is C12H20N2O5S. The lowest BCUT2D eigenvalue weighted by molar-refractivity contribution is 0.0686. The molecule has 0 amide bonds. The SMILES string of the molecule is CC(CO)CCCNS(=O)(=O)c1cc(C(=O)O)n(C)c1. The van der Waals surface area contributed by atoms with Crippen LogP contribution in [0, 0.1) is 5.92 Å². The van der Waals surface area contributed by atoms with Gasteiger partial charge in [-0.25, -0.2) is 17.9 Å². The molecule has 1 atom stereocenters. The molecular weight excluding hydrogens is 284 g/mol. The maximum atomic E-state index is 12.0. The summed E-state index contributed by atoms with van der Waals surface area (Å²) in [6, 6.07) is 1.13. The number of carbonyl (C=O) groups is 1. The minimum atomic E-state index is -3.70. The Bertz CT molecular complexity index is 564. The number of sulfonamides is 1. The maximum Gasteiger partial charge on any atom is 0.352 e. The molecule has 1 unspecified atom stereocenters. The van der Waals surface area contributed by atoms with E-state index in [2.05, 4.69) is 4.72 Å². The molecule has 0 bridgehead atoms. The van der Waals surface area contributed by atoms with Crippen LogP contribution in [0.4, 0.5) is 0 Å². The van der Waals surface area contributed by atoms with Crippen LogP contribution in [-0.4, -0.2) is 42.3 Å². The van der Waals surface area contributed by atoms with E-state index in [9.17, 15) is 13.2 Å². The number of carboxylic acids is 1. The van der Waals surface area contributed by atoms with Gasteiger partial charge in [0.05, 0.1) is 0 Å². The summed E-state index contributed by atoms with van der Waals surface area (Å²) >= 11 is 0. The molecule has 1 rings (SSSR count). The number of nitrogens with one attached hydrogen (secondary N) is 1. The Labute approximate surface area is 118 Å². The quantitative estimate of drug-likeness (QED) is 0.603. The van der Waals surface area contributed by atoms with Gasteiger partial charge in [-0.3, -0.25) is 0 Å². The van der Waals surface area contributed by atoms with Crippen molar-refractivity contribution in [3.05, 3.63) is 18.0 Å². The van der Waals surface area contributed by atoms with Gasteiger partial charge >= 0.3 is 5.97 Å². The van der Waals surface area contributed by atoms with E-state index in [1.54, 1.807) is 0 Å². The van der Waals surface area contributed by atoms with Crippen molar-refractivity contribution in [1.82, 2.24) is 9.29 Å². The van der Waals surface area contributed by atoms with Crippen molar-refractivity contribution < 1.29 is 23.4 Å². The minimum absolute atomic E-state index is 0.0624. The Morgan fingerprint density at radius 1 is 1.50 bits per heavy atom. The van der Waals surface area contributed by atoms with Crippen LogP contribution in [0.1, 0.15) is 30.3 Å². The van der Waals surface area contributed by atoms with E-state index < -0.39 is 16.0 Å². The summed E-state index contributed by atoms with van der Waals surface area (Å²) < 4.78 is 27.6. The summed E-state index contributed by atoms with van der Waals surface area (Å²) in [5, 5.41) is 17.7. The van der Waals surface area contributed by atoms with Gasteiger partial charge in [0, 0.05) is 26.4 Å². The number of aromatic nitrogens is 1. The van der Waals surface area contributed by atoms with Crippen molar-refractivity contribution in [1.29, 1.82) is 0 Å². The Balaban J connectivity index is 2.65. The number of aryl methyl sites for hydroxylation is 1. The zero-order valence-corrected chi connectivity index (χ0v) is 12.4. The number of aromatic carboxylic acids is 1. The van der Waals surface area contributed by atoms with E-state index in [1.807, 2.05) is 6.92 Å². The third-order valence-corrected chi connectivity index (χ3v) is 4.41. The molecule has 0 fully saturated rings. The molecule has 8 heteroatoms. The first-order valence-corrected chi connectivity index (χ1v) is 7.76. The summed E-state index contributed by atoms with van der Waals surface area (Å²) in [5.41, 5.74) is -0.0840. The van der Waals surface area contributed by atoms with Crippen LogP contribution in [0.2, 0.25) is 0 Å². The fourth-order valence-electron chi connectivity index (χ4n) is 1.73. The van der Waals surface area contributed by atoms with Gasteiger partial charge in [0.1, 0.15) is 10.6 Å². The third kappa shape index (κ3) is 4.32. The maximum absolute atomic E-state index is 12.0. The molecule has 20 heavy (non-hydrogen) atoms. The molecule has 0 saturated carbocycles. The number of aliphatic hydroxyl groups is 1. The van der Waals surface area contributed by atoms with Gasteiger partial charge in [-0.1, -0.05) is 6.92 Å². The highest BCUT2D eigenvalue weighted by atomic mass is 32.2. The van der Waals surface area contributed by atoms with Crippen LogP contribution in [0.5, 0.6) is 0 Å². The van der Waals surface area contributed by atoms with Gasteiger partial charge in [-0.2, -0.15) is 0 Å². The standard InChI is InChI=1S/C12H20N2O5S/c1-9(8-15)4-3-5-13-20(18,19)10-6-11(12(16)17)14(2)7-10/h6-7,9,13,15H,3-5,8H2,1-2H3,(H,16,17). The molecule has 0 saturated heterocycles. The Hall–Kier alpha value is -1.38. The summed E-state index contributed by atoms with van der Waals surface area (Å²) in [6.45, 7) is 2.21. The average molecular weight is 304 g/mol. The first-order valence-electron chi connectivity index (χ1n) is 6.28. The van der Waals surface area contributed by atoms with Crippen LogP contribution >= 0.6 is 0 Å². The van der Waals surface area contributed by atoms with Crippen molar-refractivity contribution in [2.45, 2.75) is 24.7 Å². The second-order valence-corrected chi connectivity index (χ2v) is 6.57. The lowest BCUT2D eigenvalue weighted by atomic mass is 10.1. The topological polar surface area (TPSA) is 109 Å². The van der Waals surface area contributed by atoms with E-state index in [0.29, 0.717) is 12.8 Å². The molecule has 0 aliphatic rings. The van der Waals surface area contributed by atoms with Gasteiger partial charge in [-0.05, 0) is 24.8 Å². The van der Waals surface area contributed by atoms with Gasteiger partial charge in [0.2, 0.25) is 10.0 Å². The van der Waals surface area contributed by atoms with Crippen molar-refractivity contribution in [2.24, 2.45) is 13.0 Å². The normalized spacial score (nSPS) is 13.3. The Morgan fingerprint density at radius 3 is 2.65 bits per heavy atom. The second kappa shape index (κ2) is 6.87. The molecule has 1 heterocycles. The van der Waals surface area contributed by atoms with Crippen LogP contribution in [0.25, 0.3) is 0 Å². The molecule has 114 valence electrons. The third-order valence-electron chi connectivity index (χ3n) is 2.99. The Morgan fingerprint density at radius 2 is 2.15 bits per heavy atom. The fraction of sp³-hybridized carbons (Fsp3) is 0.583. The summed E-state index contributed by atoms with van der Waals surface area (Å²) in [5.74, 6) is -1.04. The first-order chi connectivity index (χ1) is 9.27. The zero-order valence-electron chi connectivity index (χ0n) is 11.5. The lowest BCUT2D eigenvalue weighted by Gasteiger charge is -2.08. The highest BCUT2D eigenvalue weighted by Crippen LogP contribution is 2.13. The van der Waals surface area contributed by atoms with E-state index in [0.717, 1.165) is 6.07 Å². The molecule has 0 aliphatic carbocycles. The largest absolute Gasteiger partial charge is 0.477 e. The first kappa shape index (κ1) is 16.7. The van der Waals surface area contributed by atoms with Gasteiger partial charge < -0.3 is 14.8 Å². The van der Waals surface area contributed by atoms with Crippen molar-refractivity contribution in [2.75, 3.05) is 13.2 Å². The highest BCUT2D eigenvalue weighted by molar-refractivity contribution is 7.89. The number of hydrogen-bond acceptors (Lipinski definition) is 4. The molecule has 0 radical (unpaired) electrons. The average Bonchev–Trinajstić information content (AvgIpc) is 2.77. The van der Waals surface area contributed by atoms with Crippen molar-refractivity contribution >= 4 is 16.0 Å². The second-order valence-electron chi connectivity index (χ2n) is 4.80. The number of nitrogens with zero attached hydrogens (tertiary/aromatic N) is 1. The molecule has 3 N–H and O–H groups in total. The molecule has 1 aromatic rings. The van der Waals surface area contributed by atoms with Crippen LogP contribution in [-0.2, 0) is 17.1 Å². The van der Waals surface area contributed by atoms with Crippen LogP contribution < -0.4 is 4.72 Å². The number of carboxylic acid groups (broad SMARTS) is 1. The smallest absolute Gasteiger partial charge is 0.352 e. The fourth-order valence-corrected chi connectivity index (χ4v) is 2.87. The summed E-state index contributed by atoms with van der Waals surface area (Å²) in [6.07, 6.45) is 2.59. The zero-order chi connectivity index (χ0) is 15.3. The summed E-state index contributed by atoms with van der Waals surface area (Å²) in [7, 11) is -2.22. The van der Waals surface area contributed by atoms with Crippen LogP contribution in [0.15, 0.2) is 17.2 Å². The molecule has 7 nitrogen and oxygen atoms in total. The minimum Gasteiger partial charge on any atom is -0.477 e. The van der Waals surface area contributed by atoms with E-state index >= 15 is 0 Å². The monoisotopic (exact) mass is 304 g/mol. The Kier molecular flexibility index (Phi) is 5.73. The van der Waals surface area contributed by atoms with Gasteiger partial charge in [0.15, 0.2) is 0 Å². The molecule has 0 spiro atoms. The predicted molar refractivity (Wildman–Crippen MR) is 73.0 cm³/mol. The van der Waals surface area contributed by atoms with Gasteiger partial charge in [-0.15, -0.1) is 0 Å². The van der Waals surface area contributed by atoms with Crippen molar-refractivity contribution in [3.63, 3.8) is 0 Å². The van der Waals surface area contributed by atoms with E-state index in [-0.39, 0.29) is 29.7 Å². The predicted octanol–water partition coefficient (Wildman–Crippen LogP) is 0.410. The molecule has 0 aliphatic heterocycles. The molecule has 1 aromatic heterocycles. The lowest BCUT2D eigenvalue weighted by Crippen LogP contribution is -2.25.